The molecule has 0 radical (unpaired) electrons. The first kappa shape index (κ1) is 23.8. The average molecular weight is 467 g/mol. The van der Waals surface area contributed by atoms with Gasteiger partial charge < -0.3 is 24.2 Å². The van der Waals surface area contributed by atoms with Gasteiger partial charge in [-0.3, -0.25) is 14.5 Å². The summed E-state index contributed by atoms with van der Waals surface area (Å²) in [6, 6.07) is 13.4. The van der Waals surface area contributed by atoms with Gasteiger partial charge in [0.1, 0.15) is 5.76 Å². The van der Waals surface area contributed by atoms with E-state index in [2.05, 4.69) is 4.90 Å². The fraction of sp³-hybridized carbons (Fsp3) is 0.385. The molecule has 34 heavy (non-hydrogen) atoms. The number of methoxy groups -OCH3 is 2. The van der Waals surface area contributed by atoms with Crippen molar-refractivity contribution in [2.24, 2.45) is 0 Å². The number of carbonyl (C=O) groups is 2. The van der Waals surface area contributed by atoms with E-state index in [1.165, 1.54) is 7.11 Å². The van der Waals surface area contributed by atoms with Crippen LogP contribution in [0.5, 0.6) is 11.5 Å². The number of nitrogens with zero attached hydrogens (tertiary/aromatic N) is 2. The van der Waals surface area contributed by atoms with Crippen molar-refractivity contribution in [3.63, 3.8) is 0 Å². The lowest BCUT2D eigenvalue weighted by Crippen LogP contribution is -2.38. The Balaban J connectivity index is 1.70. The predicted octanol–water partition coefficient (Wildman–Crippen LogP) is 2.85. The van der Waals surface area contributed by atoms with E-state index in [1.54, 1.807) is 54.5 Å². The SMILES string of the molecule is COc1ccc([C@@H]2/C(=C(\O)c3ccccc3)C(=O)C(=O)N2CCCN2CCOCC2)cc1OC. The molecule has 0 bridgehead atoms. The number of morpholine rings is 1. The minimum atomic E-state index is -0.732. The summed E-state index contributed by atoms with van der Waals surface area (Å²) in [5.41, 5.74) is 1.23. The van der Waals surface area contributed by atoms with Gasteiger partial charge in [-0.2, -0.15) is 0 Å². The topological polar surface area (TPSA) is 88.5 Å². The predicted molar refractivity (Wildman–Crippen MR) is 127 cm³/mol. The number of ether oxygens (including phenoxy) is 3. The van der Waals surface area contributed by atoms with Crippen molar-refractivity contribution in [2.75, 3.05) is 53.6 Å². The highest BCUT2D eigenvalue weighted by atomic mass is 16.5. The van der Waals surface area contributed by atoms with Crippen LogP contribution in [-0.2, 0) is 14.3 Å². The molecule has 2 heterocycles. The van der Waals surface area contributed by atoms with Crippen molar-refractivity contribution in [3.05, 3.63) is 65.2 Å². The molecule has 2 aliphatic rings. The molecule has 0 aliphatic carbocycles. The number of aliphatic hydroxyl groups is 1. The first-order valence-corrected chi connectivity index (χ1v) is 11.4. The summed E-state index contributed by atoms with van der Waals surface area (Å²) in [6.07, 6.45) is 0.697. The lowest BCUT2D eigenvalue weighted by Gasteiger charge is -2.29. The third-order valence-corrected chi connectivity index (χ3v) is 6.29. The van der Waals surface area contributed by atoms with Gasteiger partial charge in [-0.25, -0.2) is 0 Å². The van der Waals surface area contributed by atoms with Crippen molar-refractivity contribution in [1.82, 2.24) is 9.80 Å². The first-order valence-electron chi connectivity index (χ1n) is 11.4. The maximum atomic E-state index is 13.2. The summed E-state index contributed by atoms with van der Waals surface area (Å²) in [5, 5.41) is 11.1. The minimum absolute atomic E-state index is 0.0785. The van der Waals surface area contributed by atoms with E-state index in [0.29, 0.717) is 48.8 Å². The van der Waals surface area contributed by atoms with Crippen molar-refractivity contribution in [2.45, 2.75) is 12.5 Å². The second kappa shape index (κ2) is 10.7. The number of likely N-dealkylation sites (tertiary alicyclic amines) is 1. The Labute approximate surface area is 199 Å². The normalized spacial score (nSPS) is 20.5. The zero-order chi connectivity index (χ0) is 24.1. The van der Waals surface area contributed by atoms with Gasteiger partial charge in [0.25, 0.3) is 11.7 Å². The average Bonchev–Trinajstić information content (AvgIpc) is 3.14. The van der Waals surface area contributed by atoms with E-state index in [0.717, 1.165) is 19.6 Å². The Morgan fingerprint density at radius 2 is 1.71 bits per heavy atom. The maximum Gasteiger partial charge on any atom is 0.295 e. The van der Waals surface area contributed by atoms with Crippen LogP contribution in [0.25, 0.3) is 5.76 Å². The zero-order valence-corrected chi connectivity index (χ0v) is 19.5. The van der Waals surface area contributed by atoms with Crippen LogP contribution in [0.2, 0.25) is 0 Å². The van der Waals surface area contributed by atoms with E-state index in [1.807, 2.05) is 6.07 Å². The Morgan fingerprint density at radius 1 is 1.00 bits per heavy atom. The molecular formula is C26H30N2O6. The molecule has 180 valence electrons. The van der Waals surface area contributed by atoms with Crippen molar-refractivity contribution in [1.29, 1.82) is 0 Å². The lowest BCUT2D eigenvalue weighted by molar-refractivity contribution is -0.140. The number of aliphatic hydroxyl groups excluding tert-OH is 1. The second-order valence-corrected chi connectivity index (χ2v) is 8.28. The van der Waals surface area contributed by atoms with Gasteiger partial charge in [0, 0.05) is 31.7 Å². The molecule has 1 atom stereocenters. The summed E-state index contributed by atoms with van der Waals surface area (Å²) in [7, 11) is 3.08. The number of rotatable bonds is 8. The smallest absolute Gasteiger partial charge is 0.295 e. The van der Waals surface area contributed by atoms with Crippen LogP contribution in [0.1, 0.15) is 23.6 Å². The molecule has 4 rings (SSSR count). The summed E-state index contributed by atoms with van der Waals surface area (Å²) in [6.45, 7) is 4.29. The van der Waals surface area contributed by atoms with Crippen LogP contribution in [0.15, 0.2) is 54.1 Å². The first-order chi connectivity index (χ1) is 16.5. The van der Waals surface area contributed by atoms with Gasteiger partial charge >= 0.3 is 0 Å². The number of hydrogen-bond acceptors (Lipinski definition) is 7. The van der Waals surface area contributed by atoms with Crippen LogP contribution in [0.4, 0.5) is 0 Å². The maximum absolute atomic E-state index is 13.2. The number of Topliss-reactive ketones (excluding diaryl/α,β-unsaturated/α-hetero) is 1. The Morgan fingerprint density at radius 3 is 2.38 bits per heavy atom. The monoisotopic (exact) mass is 466 g/mol. The lowest BCUT2D eigenvalue weighted by atomic mass is 9.95. The fourth-order valence-electron chi connectivity index (χ4n) is 4.52. The third-order valence-electron chi connectivity index (χ3n) is 6.29. The molecule has 2 aromatic rings. The highest BCUT2D eigenvalue weighted by molar-refractivity contribution is 6.46. The molecule has 0 aromatic heterocycles. The van der Waals surface area contributed by atoms with Crippen LogP contribution in [-0.4, -0.2) is 80.2 Å². The largest absolute Gasteiger partial charge is 0.507 e. The van der Waals surface area contributed by atoms with Crippen molar-refractivity contribution >= 4 is 17.4 Å². The van der Waals surface area contributed by atoms with Crippen LogP contribution in [0, 0.1) is 0 Å². The zero-order valence-electron chi connectivity index (χ0n) is 19.5. The highest BCUT2D eigenvalue weighted by Gasteiger charge is 2.46. The van der Waals surface area contributed by atoms with E-state index < -0.39 is 17.7 Å². The van der Waals surface area contributed by atoms with Crippen LogP contribution >= 0.6 is 0 Å². The molecule has 8 nitrogen and oxygen atoms in total. The quantitative estimate of drug-likeness (QED) is 0.364. The number of amides is 1. The van der Waals surface area contributed by atoms with E-state index >= 15 is 0 Å². The van der Waals surface area contributed by atoms with E-state index in [9.17, 15) is 14.7 Å². The molecule has 1 amide bonds. The molecule has 8 heteroatoms. The summed E-state index contributed by atoms with van der Waals surface area (Å²) < 4.78 is 16.2. The van der Waals surface area contributed by atoms with Gasteiger partial charge in [0.15, 0.2) is 11.5 Å². The van der Waals surface area contributed by atoms with Gasteiger partial charge in [-0.1, -0.05) is 36.4 Å². The fourth-order valence-corrected chi connectivity index (χ4v) is 4.52. The molecule has 2 aliphatic heterocycles. The molecule has 0 saturated carbocycles. The number of benzene rings is 2. The molecule has 0 spiro atoms. The second-order valence-electron chi connectivity index (χ2n) is 8.28. The third kappa shape index (κ3) is 4.78. The number of carbonyl (C=O) groups excluding carboxylic acids is 2. The summed E-state index contributed by atoms with van der Waals surface area (Å²) in [4.78, 5) is 30.1. The Bertz CT molecular complexity index is 1060. The van der Waals surface area contributed by atoms with Crippen LogP contribution in [0.3, 0.4) is 0 Å². The van der Waals surface area contributed by atoms with Crippen LogP contribution < -0.4 is 9.47 Å². The van der Waals surface area contributed by atoms with Crippen molar-refractivity contribution in [3.8, 4) is 11.5 Å². The molecule has 0 unspecified atom stereocenters. The standard InChI is InChI=1S/C26H30N2O6/c1-32-20-10-9-19(17-21(20)33-2)23-22(24(29)18-7-4-3-5-8-18)25(30)26(31)28(23)12-6-11-27-13-15-34-16-14-27/h3-5,7-10,17,23,29H,6,11-16H2,1-2H3/b24-22+/t23-/m1/s1. The summed E-state index contributed by atoms with van der Waals surface area (Å²) >= 11 is 0. The molecule has 1 N–H and O–H groups in total. The molecule has 2 aromatic carbocycles. The molecular weight excluding hydrogens is 436 g/mol. The van der Waals surface area contributed by atoms with Gasteiger partial charge in [-0.15, -0.1) is 0 Å². The minimum Gasteiger partial charge on any atom is -0.507 e. The van der Waals surface area contributed by atoms with E-state index in [4.69, 9.17) is 14.2 Å². The number of ketones is 1. The number of hydrogen-bond donors (Lipinski definition) is 1. The van der Waals surface area contributed by atoms with Gasteiger partial charge in [0.05, 0.1) is 39.0 Å². The van der Waals surface area contributed by atoms with Crippen molar-refractivity contribution < 1.29 is 28.9 Å². The van der Waals surface area contributed by atoms with Gasteiger partial charge in [-0.05, 0) is 24.1 Å². The van der Waals surface area contributed by atoms with Gasteiger partial charge in [0.2, 0.25) is 0 Å². The summed E-state index contributed by atoms with van der Waals surface area (Å²) in [5.74, 6) is -0.460. The molecule has 2 fully saturated rings. The van der Waals surface area contributed by atoms with E-state index in [-0.39, 0.29) is 11.3 Å². The Hall–Kier alpha value is -3.36. The Kier molecular flexibility index (Phi) is 7.49. The molecule has 2 saturated heterocycles. The highest BCUT2D eigenvalue weighted by Crippen LogP contribution is 2.42.